The first-order chi connectivity index (χ1) is 17.3. The van der Waals surface area contributed by atoms with E-state index in [-0.39, 0.29) is 17.9 Å². The third-order valence-electron chi connectivity index (χ3n) is 6.55. The number of amides is 1. The Morgan fingerprint density at radius 3 is 2.14 bits per heavy atom. The van der Waals surface area contributed by atoms with E-state index in [0.29, 0.717) is 28.4 Å². The summed E-state index contributed by atoms with van der Waals surface area (Å²) in [4.78, 5) is 28.1. The molecule has 4 rings (SSSR count). The van der Waals surface area contributed by atoms with Gasteiger partial charge in [0.05, 0.1) is 32.9 Å². The molecule has 0 aliphatic carbocycles. The van der Waals surface area contributed by atoms with Crippen LogP contribution in [0.25, 0.3) is 5.76 Å². The van der Waals surface area contributed by atoms with Crippen molar-refractivity contribution >= 4 is 17.4 Å². The number of Topliss-reactive ketones (excluding diaryl/α,β-unsaturated/α-hetero) is 1. The average Bonchev–Trinajstić information content (AvgIpc) is 3.14. The quantitative estimate of drug-likeness (QED) is 0.288. The van der Waals surface area contributed by atoms with Gasteiger partial charge in [-0.15, -0.1) is 0 Å². The maximum absolute atomic E-state index is 13.3. The van der Waals surface area contributed by atoms with E-state index in [0.717, 1.165) is 16.7 Å². The maximum atomic E-state index is 13.3. The molecular formula is C29H29NO6. The fraction of sp³-hybridized carbons (Fsp3) is 0.241. The van der Waals surface area contributed by atoms with Crippen LogP contribution in [0, 0.1) is 13.8 Å². The molecule has 36 heavy (non-hydrogen) atoms. The summed E-state index contributed by atoms with van der Waals surface area (Å²) in [6.45, 7) is 4.03. The summed E-state index contributed by atoms with van der Waals surface area (Å²) in [5, 5.41) is 11.3. The van der Waals surface area contributed by atoms with Gasteiger partial charge in [-0.3, -0.25) is 9.59 Å². The first kappa shape index (κ1) is 24.9. The highest BCUT2D eigenvalue weighted by Gasteiger charge is 2.46. The van der Waals surface area contributed by atoms with Crippen LogP contribution in [-0.2, 0) is 16.1 Å². The van der Waals surface area contributed by atoms with E-state index in [1.54, 1.807) is 56.7 Å². The highest BCUT2D eigenvalue weighted by molar-refractivity contribution is 6.46. The lowest BCUT2D eigenvalue weighted by atomic mass is 9.94. The van der Waals surface area contributed by atoms with Crippen molar-refractivity contribution < 1.29 is 28.9 Å². The lowest BCUT2D eigenvalue weighted by Gasteiger charge is -2.26. The normalized spacial score (nSPS) is 16.8. The molecule has 0 radical (unpaired) electrons. The van der Waals surface area contributed by atoms with Gasteiger partial charge in [-0.2, -0.15) is 0 Å². The first-order valence-electron chi connectivity index (χ1n) is 11.5. The zero-order valence-electron chi connectivity index (χ0n) is 21.0. The van der Waals surface area contributed by atoms with Crippen LogP contribution in [0.5, 0.6) is 17.2 Å². The van der Waals surface area contributed by atoms with Crippen LogP contribution in [0.3, 0.4) is 0 Å². The van der Waals surface area contributed by atoms with Gasteiger partial charge in [0, 0.05) is 12.1 Å². The molecule has 1 unspecified atom stereocenters. The number of benzene rings is 3. The summed E-state index contributed by atoms with van der Waals surface area (Å²) in [6.07, 6.45) is 0. The van der Waals surface area contributed by atoms with Gasteiger partial charge in [-0.25, -0.2) is 0 Å². The molecule has 1 heterocycles. The molecule has 3 aromatic rings. The molecule has 1 atom stereocenters. The zero-order valence-corrected chi connectivity index (χ0v) is 21.0. The van der Waals surface area contributed by atoms with Crippen LogP contribution < -0.4 is 14.2 Å². The van der Waals surface area contributed by atoms with Crippen LogP contribution in [0.1, 0.15) is 33.9 Å². The summed E-state index contributed by atoms with van der Waals surface area (Å²) in [5.74, 6) is 0.104. The van der Waals surface area contributed by atoms with Crippen molar-refractivity contribution in [1.29, 1.82) is 0 Å². The summed E-state index contributed by atoms with van der Waals surface area (Å²) in [5.41, 5.74) is 4.00. The molecule has 1 aliphatic rings. The first-order valence-corrected chi connectivity index (χ1v) is 11.5. The van der Waals surface area contributed by atoms with Gasteiger partial charge in [0.2, 0.25) is 0 Å². The molecule has 0 saturated carbocycles. The van der Waals surface area contributed by atoms with E-state index in [4.69, 9.17) is 14.2 Å². The molecule has 0 spiro atoms. The van der Waals surface area contributed by atoms with Crippen LogP contribution in [0.2, 0.25) is 0 Å². The molecule has 1 aliphatic heterocycles. The fourth-order valence-electron chi connectivity index (χ4n) is 4.40. The minimum absolute atomic E-state index is 0.0499. The Labute approximate surface area is 210 Å². The second-order valence-electron chi connectivity index (χ2n) is 8.69. The molecule has 186 valence electrons. The Kier molecular flexibility index (Phi) is 7.01. The van der Waals surface area contributed by atoms with Crippen molar-refractivity contribution in [2.45, 2.75) is 26.4 Å². The van der Waals surface area contributed by atoms with Crippen LogP contribution >= 0.6 is 0 Å². The lowest BCUT2D eigenvalue weighted by Crippen LogP contribution is -2.29. The Balaban J connectivity index is 1.84. The monoisotopic (exact) mass is 487 g/mol. The molecule has 0 bridgehead atoms. The number of hydrogen-bond acceptors (Lipinski definition) is 6. The third-order valence-corrected chi connectivity index (χ3v) is 6.55. The number of likely N-dealkylation sites (tertiary alicyclic amines) is 1. The molecule has 1 N–H and O–H groups in total. The van der Waals surface area contributed by atoms with E-state index in [9.17, 15) is 14.7 Å². The highest BCUT2D eigenvalue weighted by atomic mass is 16.5. The maximum Gasteiger partial charge on any atom is 0.295 e. The Morgan fingerprint density at radius 2 is 1.53 bits per heavy atom. The molecule has 1 saturated heterocycles. The number of rotatable bonds is 7. The van der Waals surface area contributed by atoms with E-state index < -0.39 is 17.7 Å². The Hall–Kier alpha value is -4.26. The number of aliphatic hydroxyl groups excluding tert-OH is 1. The lowest BCUT2D eigenvalue weighted by molar-refractivity contribution is -0.140. The van der Waals surface area contributed by atoms with Gasteiger partial charge in [-0.1, -0.05) is 30.3 Å². The third kappa shape index (κ3) is 4.52. The number of carbonyl (C=O) groups is 2. The van der Waals surface area contributed by atoms with Crippen LogP contribution in [0.4, 0.5) is 0 Å². The van der Waals surface area contributed by atoms with Gasteiger partial charge in [-0.05, 0) is 66.4 Å². The number of carbonyl (C=O) groups excluding carboxylic acids is 2. The van der Waals surface area contributed by atoms with Crippen molar-refractivity contribution in [3.63, 3.8) is 0 Å². The average molecular weight is 488 g/mol. The van der Waals surface area contributed by atoms with Crippen LogP contribution in [-0.4, -0.2) is 43.0 Å². The number of nitrogens with zero attached hydrogens (tertiary/aromatic N) is 1. The zero-order chi connectivity index (χ0) is 26.0. The molecule has 0 aromatic heterocycles. The van der Waals surface area contributed by atoms with Gasteiger partial charge in [0.15, 0.2) is 11.5 Å². The predicted octanol–water partition coefficient (Wildman–Crippen LogP) is 4.95. The number of ketones is 1. The number of hydrogen-bond donors (Lipinski definition) is 1. The van der Waals surface area contributed by atoms with Crippen molar-refractivity contribution in [3.05, 3.63) is 94.1 Å². The van der Waals surface area contributed by atoms with Crippen molar-refractivity contribution in [2.24, 2.45) is 0 Å². The highest BCUT2D eigenvalue weighted by Crippen LogP contribution is 2.41. The van der Waals surface area contributed by atoms with E-state index in [2.05, 4.69) is 0 Å². The smallest absolute Gasteiger partial charge is 0.295 e. The van der Waals surface area contributed by atoms with Gasteiger partial charge in [0.1, 0.15) is 11.5 Å². The van der Waals surface area contributed by atoms with Crippen molar-refractivity contribution in [2.75, 3.05) is 21.3 Å². The standard InChI is InChI=1S/C29H29NO6/c1-17-6-8-21(14-18(17)2)27(31)25-26(20-9-11-22(34-3)12-10-20)30(29(33)28(25)32)16-19-7-13-23(35-4)24(15-19)36-5/h6-15,26,31H,16H2,1-5H3/b27-25-. The Bertz CT molecular complexity index is 1340. The number of ether oxygens (including phenoxy) is 3. The van der Waals surface area contributed by atoms with Crippen molar-refractivity contribution in [3.8, 4) is 17.2 Å². The van der Waals surface area contributed by atoms with E-state index in [1.165, 1.54) is 12.0 Å². The number of aryl methyl sites for hydroxylation is 2. The number of methoxy groups -OCH3 is 3. The van der Waals surface area contributed by atoms with E-state index in [1.807, 2.05) is 32.0 Å². The van der Waals surface area contributed by atoms with Gasteiger partial charge in [0.25, 0.3) is 11.7 Å². The van der Waals surface area contributed by atoms with E-state index >= 15 is 0 Å². The van der Waals surface area contributed by atoms with Crippen LogP contribution in [0.15, 0.2) is 66.2 Å². The summed E-state index contributed by atoms with van der Waals surface area (Å²) >= 11 is 0. The molecular weight excluding hydrogens is 458 g/mol. The van der Waals surface area contributed by atoms with Crippen molar-refractivity contribution in [1.82, 2.24) is 4.90 Å². The summed E-state index contributed by atoms with van der Waals surface area (Å²) < 4.78 is 16.0. The summed E-state index contributed by atoms with van der Waals surface area (Å²) in [6, 6.07) is 17.1. The molecule has 1 fully saturated rings. The Morgan fingerprint density at radius 1 is 0.833 bits per heavy atom. The summed E-state index contributed by atoms with van der Waals surface area (Å²) in [7, 11) is 4.65. The SMILES string of the molecule is COc1ccc(C2/C(=C(/O)c3ccc(C)c(C)c3)C(=O)C(=O)N2Cc2ccc(OC)c(OC)c2)cc1. The second kappa shape index (κ2) is 10.2. The topological polar surface area (TPSA) is 85.3 Å². The number of aliphatic hydroxyl groups is 1. The predicted molar refractivity (Wildman–Crippen MR) is 136 cm³/mol. The fourth-order valence-corrected chi connectivity index (χ4v) is 4.40. The molecule has 3 aromatic carbocycles. The minimum atomic E-state index is -0.786. The van der Waals surface area contributed by atoms with Gasteiger partial charge < -0.3 is 24.2 Å². The second-order valence-corrected chi connectivity index (χ2v) is 8.69. The minimum Gasteiger partial charge on any atom is -0.507 e. The molecule has 1 amide bonds. The molecule has 7 heteroatoms. The van der Waals surface area contributed by atoms with Gasteiger partial charge >= 0.3 is 0 Å². The largest absolute Gasteiger partial charge is 0.507 e. The molecule has 7 nitrogen and oxygen atoms in total.